The van der Waals surface area contributed by atoms with Crippen molar-refractivity contribution in [3.05, 3.63) is 143 Å². The molecule has 366 valence electrons. The first-order valence-corrected chi connectivity index (χ1v) is 25.1. The van der Waals surface area contributed by atoms with Gasteiger partial charge in [-0.25, -0.2) is 29.1 Å². The Balaban J connectivity index is 1.34. The van der Waals surface area contributed by atoms with Crippen LogP contribution in [0.2, 0.25) is 0 Å². The lowest BCUT2D eigenvalue weighted by atomic mass is 9.94. The Labute approximate surface area is 418 Å². The van der Waals surface area contributed by atoms with Crippen molar-refractivity contribution in [3.8, 4) is 44.8 Å². The summed E-state index contributed by atoms with van der Waals surface area (Å²) < 4.78 is 22.8. The van der Waals surface area contributed by atoms with Crippen LogP contribution in [0, 0.1) is 0 Å². The molecule has 0 fully saturated rings. The second-order valence-corrected chi connectivity index (χ2v) is 18.0. The predicted molar refractivity (Wildman–Crippen MR) is 283 cm³/mol. The fraction of sp³-hybridized carbons (Fsp3) is 0.267. The van der Waals surface area contributed by atoms with Crippen LogP contribution in [0.25, 0.3) is 89.8 Å². The van der Waals surface area contributed by atoms with Crippen molar-refractivity contribution in [2.24, 2.45) is 0 Å². The van der Waals surface area contributed by atoms with Gasteiger partial charge in [-0.1, -0.05) is 102 Å². The molecule has 3 aromatic heterocycles. The molecule has 7 aromatic rings. The molecule has 8 bridgehead atoms. The molecular formula is C60H58N4O8. The number of aromatic amines is 2. The molecule has 5 heterocycles. The number of nitrogens with zero attached hydrogens (tertiary/aromatic N) is 2. The maximum Gasteiger partial charge on any atom is 0.338 e. The molecule has 12 heteroatoms. The SMILES string of the molecule is CCCCOC(=O)c1cc(C(=O)OCCCC)cc(-c2c3nc(cc4[nH]c(c(-c5cc(C(=O)OCCCC)cc(C(=O)OCCCC)c5)c5nc(cc6ccc2[nH]6)-c2ccccc2-5)c2ccccc42)C=C3)c1. The van der Waals surface area contributed by atoms with Crippen molar-refractivity contribution in [3.63, 3.8) is 0 Å². The smallest absolute Gasteiger partial charge is 0.338 e. The van der Waals surface area contributed by atoms with E-state index in [0.717, 1.165) is 58.6 Å². The molecule has 2 aliphatic heterocycles. The van der Waals surface area contributed by atoms with E-state index in [2.05, 4.69) is 9.97 Å². The summed E-state index contributed by atoms with van der Waals surface area (Å²) in [5.41, 5.74) is 10.4. The number of carbonyl (C=O) groups is 4. The number of aromatic nitrogens is 4. The van der Waals surface area contributed by atoms with E-state index in [4.69, 9.17) is 28.9 Å². The number of unbranched alkanes of at least 4 members (excludes halogenated alkanes) is 4. The number of carbonyl (C=O) groups excluding carboxylic acids is 4. The number of rotatable bonds is 18. The molecule has 0 atom stereocenters. The van der Waals surface area contributed by atoms with Crippen LogP contribution in [-0.2, 0) is 18.9 Å². The topological polar surface area (TPSA) is 163 Å². The standard InChI is InChI=1S/C60H58N4O8/c1-5-9-25-69-57(65)39-29-37(30-40(33-39)58(66)70-26-10-6-2)53-49-23-21-43(61-49)35-51-45-17-13-15-19-47(45)55(63-51)54(56-48-20-16-14-18-46(48)52(64-56)36-44-22-24-50(53)62-44)38-31-41(59(67)71-27-11-7-3)34-42(32-38)60(68)72-28-12-8-4/h13-24,29-36,61,64H,5-12,25-28H2,1-4H3. The first-order chi connectivity index (χ1) is 35.2. The molecular weight excluding hydrogens is 905 g/mol. The normalized spacial score (nSPS) is 11.6. The molecule has 0 saturated carbocycles. The Morgan fingerprint density at radius 2 is 0.972 bits per heavy atom. The number of esters is 4. The quantitative estimate of drug-likeness (QED) is 0.0481. The van der Waals surface area contributed by atoms with E-state index in [1.165, 1.54) is 6.07 Å². The van der Waals surface area contributed by atoms with Crippen molar-refractivity contribution in [2.45, 2.75) is 79.1 Å². The number of fused-ring (bicyclic) bond motifs is 14. The summed E-state index contributed by atoms with van der Waals surface area (Å²) in [6.07, 6.45) is 10.1. The fourth-order valence-corrected chi connectivity index (χ4v) is 8.93. The Morgan fingerprint density at radius 3 is 1.51 bits per heavy atom. The summed E-state index contributed by atoms with van der Waals surface area (Å²) in [7, 11) is 0. The van der Waals surface area contributed by atoms with E-state index < -0.39 is 23.9 Å². The first kappa shape index (κ1) is 48.9. The minimum atomic E-state index is -0.542. The summed E-state index contributed by atoms with van der Waals surface area (Å²) in [6, 6.07) is 34.0. The maximum atomic E-state index is 13.9. The number of benzene rings is 4. The number of hydrogen-bond acceptors (Lipinski definition) is 10. The lowest BCUT2D eigenvalue weighted by Crippen LogP contribution is -2.11. The highest BCUT2D eigenvalue weighted by Gasteiger charge is 2.26. The van der Waals surface area contributed by atoms with Gasteiger partial charge in [-0.15, -0.1) is 0 Å². The summed E-state index contributed by atoms with van der Waals surface area (Å²) >= 11 is 0. The molecule has 0 saturated heterocycles. The summed E-state index contributed by atoms with van der Waals surface area (Å²) in [4.78, 5) is 73.0. The van der Waals surface area contributed by atoms with Gasteiger partial charge in [0.25, 0.3) is 0 Å². The van der Waals surface area contributed by atoms with Gasteiger partial charge in [0.1, 0.15) is 0 Å². The molecule has 0 aliphatic carbocycles. The number of nitrogens with one attached hydrogen (secondary N) is 2. The highest BCUT2D eigenvalue weighted by Crippen LogP contribution is 2.45. The number of ether oxygens (including phenoxy) is 4. The Kier molecular flexibility index (Phi) is 15.1. The van der Waals surface area contributed by atoms with Gasteiger partial charge in [0.2, 0.25) is 0 Å². The molecule has 2 N–H and O–H groups in total. The Hall–Kier alpha value is -8.12. The third-order valence-electron chi connectivity index (χ3n) is 12.7. The van der Waals surface area contributed by atoms with Crippen molar-refractivity contribution in [1.29, 1.82) is 0 Å². The van der Waals surface area contributed by atoms with Crippen molar-refractivity contribution < 1.29 is 38.1 Å². The minimum absolute atomic E-state index is 0.217. The average Bonchev–Trinajstić information content (AvgIpc) is 4.21. The lowest BCUT2D eigenvalue weighted by molar-refractivity contribution is 0.0480. The molecule has 2 aliphatic rings. The van der Waals surface area contributed by atoms with E-state index >= 15 is 0 Å². The second-order valence-electron chi connectivity index (χ2n) is 18.0. The molecule has 4 aromatic carbocycles. The van der Waals surface area contributed by atoms with Crippen LogP contribution in [0.15, 0.2) is 109 Å². The highest BCUT2D eigenvalue weighted by molar-refractivity contribution is 6.15. The van der Waals surface area contributed by atoms with Crippen LogP contribution in [0.4, 0.5) is 0 Å². The van der Waals surface area contributed by atoms with Gasteiger partial charge < -0.3 is 28.9 Å². The molecule has 12 nitrogen and oxygen atoms in total. The van der Waals surface area contributed by atoms with Crippen LogP contribution >= 0.6 is 0 Å². The van der Waals surface area contributed by atoms with E-state index in [1.807, 2.05) is 113 Å². The average molecular weight is 963 g/mol. The molecule has 72 heavy (non-hydrogen) atoms. The molecule has 9 rings (SSSR count). The van der Waals surface area contributed by atoms with Gasteiger partial charge in [0, 0.05) is 49.6 Å². The summed E-state index contributed by atoms with van der Waals surface area (Å²) in [6.45, 7) is 9.09. The summed E-state index contributed by atoms with van der Waals surface area (Å²) in [5.74, 6) is -2.16. The Morgan fingerprint density at radius 1 is 0.472 bits per heavy atom. The van der Waals surface area contributed by atoms with Crippen LogP contribution in [-0.4, -0.2) is 70.2 Å². The van der Waals surface area contributed by atoms with Gasteiger partial charge in [-0.2, -0.15) is 0 Å². The predicted octanol–water partition coefficient (Wildman–Crippen LogP) is 14.1. The summed E-state index contributed by atoms with van der Waals surface area (Å²) in [5, 5.41) is 1.77. The van der Waals surface area contributed by atoms with E-state index in [-0.39, 0.29) is 48.7 Å². The van der Waals surface area contributed by atoms with E-state index in [1.54, 1.807) is 30.3 Å². The van der Waals surface area contributed by atoms with Gasteiger partial charge in [-0.3, -0.25) is 0 Å². The lowest BCUT2D eigenvalue weighted by Gasteiger charge is -2.12. The van der Waals surface area contributed by atoms with Crippen LogP contribution in [0.3, 0.4) is 0 Å². The van der Waals surface area contributed by atoms with Crippen LogP contribution in [0.5, 0.6) is 0 Å². The fourth-order valence-electron chi connectivity index (χ4n) is 8.93. The number of hydrogen-bond donors (Lipinski definition) is 2. The van der Waals surface area contributed by atoms with Crippen molar-refractivity contribution in [2.75, 3.05) is 26.4 Å². The minimum Gasteiger partial charge on any atom is -0.462 e. The monoisotopic (exact) mass is 962 g/mol. The molecule has 0 amide bonds. The molecule has 0 unspecified atom stereocenters. The van der Waals surface area contributed by atoms with E-state index in [0.29, 0.717) is 81.7 Å². The first-order valence-electron chi connectivity index (χ1n) is 25.1. The third-order valence-corrected chi connectivity index (χ3v) is 12.7. The van der Waals surface area contributed by atoms with Crippen molar-refractivity contribution in [1.82, 2.24) is 19.9 Å². The zero-order valence-corrected chi connectivity index (χ0v) is 41.2. The second kappa shape index (κ2) is 22.3. The maximum absolute atomic E-state index is 13.9. The highest BCUT2D eigenvalue weighted by atomic mass is 16.5. The zero-order chi connectivity index (χ0) is 50.1. The molecule has 0 radical (unpaired) electrons. The Bertz CT molecular complexity index is 3340. The van der Waals surface area contributed by atoms with Gasteiger partial charge >= 0.3 is 23.9 Å². The largest absolute Gasteiger partial charge is 0.462 e. The van der Waals surface area contributed by atoms with E-state index in [9.17, 15) is 19.2 Å². The van der Waals surface area contributed by atoms with Crippen molar-refractivity contribution >= 4 is 68.9 Å². The third kappa shape index (κ3) is 10.5. The van der Waals surface area contributed by atoms with Crippen LogP contribution in [0.1, 0.15) is 132 Å². The number of H-pyrrole nitrogens is 2. The van der Waals surface area contributed by atoms with Crippen LogP contribution < -0.4 is 0 Å². The van der Waals surface area contributed by atoms with Gasteiger partial charge in [0.05, 0.1) is 77.0 Å². The van der Waals surface area contributed by atoms with Gasteiger partial charge in [0.15, 0.2) is 0 Å². The molecule has 0 spiro atoms. The van der Waals surface area contributed by atoms with Gasteiger partial charge in [-0.05, 0) is 110 Å². The zero-order valence-electron chi connectivity index (χ0n) is 41.2.